The fraction of sp³-hybridized carbons (Fsp3) is 0.417. The number of carbonyl (C=O) groups excluding carboxylic acids is 1. The summed E-state index contributed by atoms with van der Waals surface area (Å²) in [4.78, 5) is 22.5. The lowest BCUT2D eigenvalue weighted by Crippen LogP contribution is -2.23. The van der Waals surface area contributed by atoms with Crippen molar-refractivity contribution >= 4 is 11.9 Å². The van der Waals surface area contributed by atoms with Gasteiger partial charge in [-0.1, -0.05) is 5.21 Å². The molecule has 112 valence electrons. The van der Waals surface area contributed by atoms with Crippen LogP contribution in [0.3, 0.4) is 0 Å². The summed E-state index contributed by atoms with van der Waals surface area (Å²) >= 11 is 0. The number of nitrogens with one attached hydrogen (secondary N) is 1. The molecule has 0 saturated carbocycles. The van der Waals surface area contributed by atoms with Crippen molar-refractivity contribution in [1.29, 1.82) is 0 Å². The van der Waals surface area contributed by atoms with E-state index in [0.717, 1.165) is 21.6 Å². The van der Waals surface area contributed by atoms with Crippen molar-refractivity contribution in [3.05, 3.63) is 28.8 Å². The van der Waals surface area contributed by atoms with E-state index in [1.54, 1.807) is 4.68 Å². The molecular weight excluding hydrogens is 276 g/mol. The maximum absolute atomic E-state index is 11.9. The molecule has 2 aromatic rings. The highest BCUT2D eigenvalue weighted by Gasteiger charge is 2.14. The molecule has 0 atom stereocenters. The Labute approximate surface area is 120 Å². The van der Waals surface area contributed by atoms with E-state index in [9.17, 15) is 9.59 Å². The fourth-order valence-corrected chi connectivity index (χ4v) is 1.95. The summed E-state index contributed by atoms with van der Waals surface area (Å²) in [6, 6.07) is 0. The van der Waals surface area contributed by atoms with E-state index in [4.69, 9.17) is 5.11 Å². The third-order valence-electron chi connectivity index (χ3n) is 3.15. The van der Waals surface area contributed by atoms with Crippen molar-refractivity contribution in [3.63, 3.8) is 0 Å². The van der Waals surface area contributed by atoms with Crippen LogP contribution in [0.25, 0.3) is 0 Å². The van der Waals surface area contributed by atoms with Gasteiger partial charge in [0.15, 0.2) is 5.69 Å². The van der Waals surface area contributed by atoms with Gasteiger partial charge in [-0.25, -0.2) is 4.68 Å². The van der Waals surface area contributed by atoms with Crippen molar-refractivity contribution in [2.75, 3.05) is 0 Å². The minimum atomic E-state index is -1.05. The number of hydrogen-bond acceptors (Lipinski definition) is 5. The zero-order chi connectivity index (χ0) is 15.6. The number of amides is 1. The number of aryl methyl sites for hydroxylation is 2. The van der Waals surface area contributed by atoms with Gasteiger partial charge in [-0.3, -0.25) is 14.3 Å². The van der Waals surface area contributed by atoms with Gasteiger partial charge in [0.05, 0.1) is 11.9 Å². The summed E-state index contributed by atoms with van der Waals surface area (Å²) < 4.78 is 2.85. The molecule has 2 heterocycles. The van der Waals surface area contributed by atoms with Crippen molar-refractivity contribution in [2.24, 2.45) is 7.05 Å². The largest absolute Gasteiger partial charge is 0.480 e. The predicted molar refractivity (Wildman–Crippen MR) is 71.5 cm³/mol. The topological polar surface area (TPSA) is 115 Å². The molecule has 2 aromatic heterocycles. The monoisotopic (exact) mass is 292 g/mol. The number of carboxylic acid groups (broad SMARTS) is 1. The molecule has 0 spiro atoms. The van der Waals surface area contributed by atoms with Crippen LogP contribution in [-0.2, 0) is 24.9 Å². The molecule has 0 aliphatic rings. The first kappa shape index (κ1) is 14.7. The Kier molecular flexibility index (Phi) is 4.01. The summed E-state index contributed by atoms with van der Waals surface area (Å²) in [6.07, 6.45) is 1.30. The quantitative estimate of drug-likeness (QED) is 0.778. The maximum Gasteiger partial charge on any atom is 0.325 e. The fourth-order valence-electron chi connectivity index (χ4n) is 1.95. The number of carbonyl (C=O) groups is 2. The van der Waals surface area contributed by atoms with Crippen LogP contribution in [0.15, 0.2) is 6.20 Å². The minimum Gasteiger partial charge on any atom is -0.480 e. The van der Waals surface area contributed by atoms with Crippen LogP contribution < -0.4 is 5.32 Å². The lowest BCUT2D eigenvalue weighted by molar-refractivity contribution is -0.137. The van der Waals surface area contributed by atoms with E-state index in [-0.39, 0.29) is 12.2 Å². The number of aliphatic carboxylic acids is 1. The average Bonchev–Trinajstić information content (AvgIpc) is 2.94. The molecule has 0 radical (unpaired) electrons. The normalized spacial score (nSPS) is 10.6. The van der Waals surface area contributed by atoms with Crippen LogP contribution in [0.1, 0.15) is 27.4 Å². The third-order valence-corrected chi connectivity index (χ3v) is 3.15. The lowest BCUT2D eigenvalue weighted by Gasteiger charge is -2.03. The number of hydrogen-bond donors (Lipinski definition) is 2. The van der Waals surface area contributed by atoms with Crippen LogP contribution in [0.2, 0.25) is 0 Å². The van der Waals surface area contributed by atoms with Crippen molar-refractivity contribution in [2.45, 2.75) is 26.9 Å². The molecular formula is C12H16N6O3. The highest BCUT2D eigenvalue weighted by Crippen LogP contribution is 2.11. The Morgan fingerprint density at radius 3 is 2.67 bits per heavy atom. The van der Waals surface area contributed by atoms with E-state index < -0.39 is 11.9 Å². The van der Waals surface area contributed by atoms with Gasteiger partial charge in [-0.15, -0.1) is 5.10 Å². The van der Waals surface area contributed by atoms with Crippen LogP contribution in [0, 0.1) is 13.8 Å². The molecule has 0 aliphatic heterocycles. The summed E-state index contributed by atoms with van der Waals surface area (Å²) in [5.74, 6) is -1.46. The van der Waals surface area contributed by atoms with Gasteiger partial charge < -0.3 is 10.4 Å². The predicted octanol–water partition coefficient (Wildman–Crippen LogP) is -0.357. The van der Waals surface area contributed by atoms with Crippen molar-refractivity contribution < 1.29 is 14.7 Å². The highest BCUT2D eigenvalue weighted by atomic mass is 16.4. The van der Waals surface area contributed by atoms with Gasteiger partial charge in [-0.2, -0.15) is 5.10 Å². The second-order valence-electron chi connectivity index (χ2n) is 4.65. The Balaban J connectivity index is 2.01. The Morgan fingerprint density at radius 2 is 2.10 bits per heavy atom. The maximum atomic E-state index is 11.9. The molecule has 2 N–H and O–H groups in total. The summed E-state index contributed by atoms with van der Waals surface area (Å²) in [7, 11) is 1.84. The van der Waals surface area contributed by atoms with E-state index in [2.05, 4.69) is 20.7 Å². The molecule has 0 bridgehead atoms. The van der Waals surface area contributed by atoms with Gasteiger partial charge in [0.1, 0.15) is 6.54 Å². The molecule has 0 aliphatic carbocycles. The molecule has 0 fully saturated rings. The van der Waals surface area contributed by atoms with E-state index in [1.807, 2.05) is 20.9 Å². The SMILES string of the molecule is Cc1nn(C)c(C)c1CNC(=O)c1cn(CC(=O)O)nn1. The van der Waals surface area contributed by atoms with Gasteiger partial charge >= 0.3 is 5.97 Å². The van der Waals surface area contributed by atoms with Crippen LogP contribution in [0.4, 0.5) is 0 Å². The third kappa shape index (κ3) is 3.25. The molecule has 9 nitrogen and oxygen atoms in total. The molecule has 0 saturated heterocycles. The molecule has 2 rings (SSSR count). The molecule has 1 amide bonds. The number of rotatable bonds is 5. The van der Waals surface area contributed by atoms with E-state index in [1.165, 1.54) is 6.20 Å². The number of aromatic nitrogens is 5. The van der Waals surface area contributed by atoms with Gasteiger partial charge in [0, 0.05) is 24.8 Å². The standard InChI is InChI=1S/C12H16N6O3/c1-7-9(8(2)17(3)15-7)4-13-12(21)10-5-18(16-14-10)6-11(19)20/h5H,4,6H2,1-3H3,(H,13,21)(H,19,20). The first-order valence-corrected chi connectivity index (χ1v) is 6.27. The number of carboxylic acids is 1. The Bertz CT molecular complexity index is 687. The molecule has 9 heteroatoms. The Hall–Kier alpha value is -2.71. The molecule has 0 unspecified atom stereocenters. The van der Waals surface area contributed by atoms with Gasteiger partial charge in [0.2, 0.25) is 0 Å². The second kappa shape index (κ2) is 5.73. The summed E-state index contributed by atoms with van der Waals surface area (Å²) in [5.41, 5.74) is 2.85. The highest BCUT2D eigenvalue weighted by molar-refractivity contribution is 5.91. The first-order valence-electron chi connectivity index (χ1n) is 6.27. The average molecular weight is 292 g/mol. The van der Waals surface area contributed by atoms with Crippen LogP contribution in [0.5, 0.6) is 0 Å². The van der Waals surface area contributed by atoms with Crippen molar-refractivity contribution in [3.8, 4) is 0 Å². The summed E-state index contributed by atoms with van der Waals surface area (Å²) in [5, 5.41) is 22.8. The minimum absolute atomic E-state index is 0.0791. The zero-order valence-electron chi connectivity index (χ0n) is 12.0. The lowest BCUT2D eigenvalue weighted by atomic mass is 10.2. The van der Waals surface area contributed by atoms with Crippen LogP contribution >= 0.6 is 0 Å². The molecule has 0 aromatic carbocycles. The second-order valence-corrected chi connectivity index (χ2v) is 4.65. The first-order chi connectivity index (χ1) is 9.88. The van der Waals surface area contributed by atoms with Gasteiger partial charge in [-0.05, 0) is 13.8 Å². The Morgan fingerprint density at radius 1 is 1.38 bits per heavy atom. The summed E-state index contributed by atoms with van der Waals surface area (Å²) in [6.45, 7) is 3.79. The van der Waals surface area contributed by atoms with E-state index >= 15 is 0 Å². The molecule has 21 heavy (non-hydrogen) atoms. The smallest absolute Gasteiger partial charge is 0.325 e. The van der Waals surface area contributed by atoms with Gasteiger partial charge in [0.25, 0.3) is 5.91 Å². The van der Waals surface area contributed by atoms with Crippen molar-refractivity contribution in [1.82, 2.24) is 30.1 Å². The zero-order valence-corrected chi connectivity index (χ0v) is 12.0. The van der Waals surface area contributed by atoms with E-state index in [0.29, 0.717) is 6.54 Å². The van der Waals surface area contributed by atoms with Crippen LogP contribution in [-0.4, -0.2) is 41.8 Å². The number of nitrogens with zero attached hydrogens (tertiary/aromatic N) is 5.